The first kappa shape index (κ1) is 17.6. The molecular weight excluding hydrogens is 342 g/mol. The summed E-state index contributed by atoms with van der Waals surface area (Å²) in [6, 6.07) is 16.1. The van der Waals surface area contributed by atoms with Crippen LogP contribution < -0.4 is 0 Å². The zero-order valence-electron chi connectivity index (χ0n) is 15.3. The molecule has 0 saturated carbocycles. The second kappa shape index (κ2) is 7.06. The first-order valence-corrected chi connectivity index (χ1v) is 9.41. The van der Waals surface area contributed by atoms with Crippen LogP contribution in [0.5, 0.6) is 0 Å². The highest BCUT2D eigenvalue weighted by molar-refractivity contribution is 5.79. The van der Waals surface area contributed by atoms with Gasteiger partial charge in [0.2, 0.25) is 0 Å². The molecule has 27 heavy (non-hydrogen) atoms. The van der Waals surface area contributed by atoms with Crippen LogP contribution in [-0.4, -0.2) is 40.8 Å². The van der Waals surface area contributed by atoms with Crippen LogP contribution in [0.15, 0.2) is 48.5 Å². The van der Waals surface area contributed by atoms with E-state index in [0.717, 1.165) is 6.42 Å². The van der Waals surface area contributed by atoms with Crippen LogP contribution in [0.1, 0.15) is 43.2 Å². The van der Waals surface area contributed by atoms with Crippen LogP contribution >= 0.6 is 0 Å². The van der Waals surface area contributed by atoms with Gasteiger partial charge in [0, 0.05) is 18.0 Å². The minimum atomic E-state index is -0.884. The summed E-state index contributed by atoms with van der Waals surface area (Å²) in [4.78, 5) is 25.4. The van der Waals surface area contributed by atoms with Crippen LogP contribution in [0, 0.1) is 0 Å². The average molecular weight is 365 g/mol. The lowest BCUT2D eigenvalue weighted by atomic mass is 9.98. The number of carbonyl (C=O) groups is 2. The normalized spacial score (nSPS) is 21.0. The van der Waals surface area contributed by atoms with E-state index in [1.807, 2.05) is 31.2 Å². The lowest BCUT2D eigenvalue weighted by Gasteiger charge is -2.27. The molecule has 5 nitrogen and oxygen atoms in total. The van der Waals surface area contributed by atoms with Gasteiger partial charge in [0.05, 0.1) is 6.42 Å². The summed E-state index contributed by atoms with van der Waals surface area (Å²) in [6.45, 7) is 2.21. The van der Waals surface area contributed by atoms with Crippen molar-refractivity contribution in [2.45, 2.75) is 44.2 Å². The van der Waals surface area contributed by atoms with Gasteiger partial charge in [-0.3, -0.25) is 4.79 Å². The Balaban J connectivity index is 1.52. The molecule has 1 aliphatic carbocycles. The first-order valence-electron chi connectivity index (χ1n) is 9.41. The smallest absolute Gasteiger partial charge is 0.410 e. The number of amides is 1. The number of nitrogens with zero attached hydrogens (tertiary/aromatic N) is 1. The maximum Gasteiger partial charge on any atom is 0.410 e. The van der Waals surface area contributed by atoms with Crippen LogP contribution in [-0.2, 0) is 9.53 Å². The molecule has 2 aliphatic rings. The molecule has 0 radical (unpaired) electrons. The zero-order chi connectivity index (χ0) is 19.0. The second-order valence-corrected chi connectivity index (χ2v) is 7.39. The van der Waals surface area contributed by atoms with Crippen molar-refractivity contribution in [3.8, 4) is 11.1 Å². The number of carbonyl (C=O) groups excluding carboxylic acids is 1. The molecule has 1 aliphatic heterocycles. The minimum absolute atomic E-state index is 0.00463. The minimum Gasteiger partial charge on any atom is -0.481 e. The monoisotopic (exact) mass is 365 g/mol. The molecule has 1 amide bonds. The molecule has 1 fully saturated rings. The molecular formula is C22H23NO4. The van der Waals surface area contributed by atoms with Gasteiger partial charge in [0.15, 0.2) is 0 Å². The topological polar surface area (TPSA) is 66.8 Å². The van der Waals surface area contributed by atoms with Gasteiger partial charge < -0.3 is 14.7 Å². The summed E-state index contributed by atoms with van der Waals surface area (Å²) in [7, 11) is 0. The predicted octanol–water partition coefficient (Wildman–Crippen LogP) is 4.26. The zero-order valence-corrected chi connectivity index (χ0v) is 15.3. The number of fused-ring (bicyclic) bond motifs is 3. The highest BCUT2D eigenvalue weighted by atomic mass is 16.6. The Morgan fingerprint density at radius 2 is 1.63 bits per heavy atom. The third kappa shape index (κ3) is 3.18. The number of ether oxygens (including phenoxy) is 1. The van der Waals surface area contributed by atoms with E-state index in [0.29, 0.717) is 6.42 Å². The van der Waals surface area contributed by atoms with E-state index in [2.05, 4.69) is 24.3 Å². The van der Waals surface area contributed by atoms with Crippen molar-refractivity contribution in [2.24, 2.45) is 0 Å². The largest absolute Gasteiger partial charge is 0.481 e. The van der Waals surface area contributed by atoms with Gasteiger partial charge in [-0.25, -0.2) is 4.79 Å². The van der Waals surface area contributed by atoms with Gasteiger partial charge in [-0.05, 0) is 42.0 Å². The fraction of sp³-hybridized carbons (Fsp3) is 0.364. The number of likely N-dealkylation sites (tertiary alicyclic amines) is 1. The van der Waals surface area contributed by atoms with E-state index >= 15 is 0 Å². The summed E-state index contributed by atoms with van der Waals surface area (Å²) < 4.78 is 5.70. The molecule has 2 aromatic rings. The quantitative estimate of drug-likeness (QED) is 0.879. The molecule has 5 heteroatoms. The number of rotatable bonds is 4. The lowest BCUT2D eigenvalue weighted by Crippen LogP contribution is -2.41. The first-order chi connectivity index (χ1) is 13.1. The molecule has 0 aromatic heterocycles. The van der Waals surface area contributed by atoms with Gasteiger partial charge in [-0.15, -0.1) is 0 Å². The number of benzene rings is 2. The van der Waals surface area contributed by atoms with E-state index in [9.17, 15) is 9.59 Å². The summed E-state index contributed by atoms with van der Waals surface area (Å²) in [6.07, 6.45) is 1.07. The molecule has 4 rings (SSSR count). The van der Waals surface area contributed by atoms with E-state index in [-0.39, 0.29) is 31.0 Å². The van der Waals surface area contributed by atoms with Crippen molar-refractivity contribution in [1.82, 2.24) is 4.90 Å². The summed E-state index contributed by atoms with van der Waals surface area (Å²) >= 11 is 0. The van der Waals surface area contributed by atoms with Gasteiger partial charge >= 0.3 is 12.1 Å². The summed E-state index contributed by atoms with van der Waals surface area (Å²) in [5.74, 6) is -0.872. The van der Waals surface area contributed by atoms with Crippen molar-refractivity contribution in [1.29, 1.82) is 0 Å². The molecule has 0 bridgehead atoms. The number of carboxylic acid groups (broad SMARTS) is 1. The third-order valence-electron chi connectivity index (χ3n) is 5.74. The predicted molar refractivity (Wildman–Crippen MR) is 102 cm³/mol. The van der Waals surface area contributed by atoms with Crippen molar-refractivity contribution in [3.05, 3.63) is 59.7 Å². The molecule has 1 heterocycles. The van der Waals surface area contributed by atoms with E-state index < -0.39 is 12.1 Å². The Morgan fingerprint density at radius 1 is 1.04 bits per heavy atom. The Labute approximate surface area is 158 Å². The second-order valence-electron chi connectivity index (χ2n) is 7.39. The van der Waals surface area contributed by atoms with Gasteiger partial charge in [0.1, 0.15) is 6.61 Å². The fourth-order valence-electron chi connectivity index (χ4n) is 4.47. The van der Waals surface area contributed by atoms with Crippen molar-refractivity contribution < 1.29 is 19.4 Å². The van der Waals surface area contributed by atoms with Crippen LogP contribution in [0.25, 0.3) is 11.1 Å². The van der Waals surface area contributed by atoms with E-state index in [1.54, 1.807) is 4.90 Å². The molecule has 1 saturated heterocycles. The molecule has 140 valence electrons. The Kier molecular flexibility index (Phi) is 4.60. The van der Waals surface area contributed by atoms with Crippen molar-refractivity contribution in [2.75, 3.05) is 6.61 Å². The third-order valence-corrected chi connectivity index (χ3v) is 5.74. The SMILES string of the molecule is CC1CCC(CC(=O)O)N1C(=O)OCC1c2ccccc2-c2ccccc21. The van der Waals surface area contributed by atoms with Crippen molar-refractivity contribution >= 4 is 12.1 Å². The highest BCUT2D eigenvalue weighted by Crippen LogP contribution is 2.44. The average Bonchev–Trinajstić information content (AvgIpc) is 3.17. The van der Waals surface area contributed by atoms with Gasteiger partial charge in [-0.2, -0.15) is 0 Å². The Morgan fingerprint density at radius 3 is 2.22 bits per heavy atom. The van der Waals surface area contributed by atoms with Gasteiger partial charge in [-0.1, -0.05) is 48.5 Å². The lowest BCUT2D eigenvalue weighted by molar-refractivity contribution is -0.138. The Bertz CT molecular complexity index is 833. The number of hydrogen-bond donors (Lipinski definition) is 1. The van der Waals surface area contributed by atoms with E-state index in [4.69, 9.17) is 9.84 Å². The van der Waals surface area contributed by atoms with Crippen LogP contribution in [0.3, 0.4) is 0 Å². The van der Waals surface area contributed by atoms with E-state index in [1.165, 1.54) is 22.3 Å². The molecule has 2 aromatic carbocycles. The summed E-state index contributed by atoms with van der Waals surface area (Å²) in [5, 5.41) is 9.10. The number of carboxylic acids is 1. The summed E-state index contributed by atoms with van der Waals surface area (Å²) in [5.41, 5.74) is 4.71. The number of aliphatic carboxylic acids is 1. The maximum absolute atomic E-state index is 12.7. The highest BCUT2D eigenvalue weighted by Gasteiger charge is 2.37. The molecule has 2 atom stereocenters. The Hall–Kier alpha value is -2.82. The van der Waals surface area contributed by atoms with Crippen LogP contribution in [0.4, 0.5) is 4.79 Å². The van der Waals surface area contributed by atoms with Gasteiger partial charge in [0.25, 0.3) is 0 Å². The standard InChI is InChI=1S/C22H23NO4/c1-14-10-11-15(12-21(24)25)23(14)22(26)27-13-20-18-8-4-2-6-16(18)17-7-3-5-9-19(17)20/h2-9,14-15,20H,10-13H2,1H3,(H,24,25). The number of hydrogen-bond acceptors (Lipinski definition) is 3. The molecule has 2 unspecified atom stereocenters. The van der Waals surface area contributed by atoms with Crippen molar-refractivity contribution in [3.63, 3.8) is 0 Å². The maximum atomic E-state index is 12.7. The van der Waals surface area contributed by atoms with Crippen LogP contribution in [0.2, 0.25) is 0 Å². The molecule has 0 spiro atoms. The fourth-order valence-corrected chi connectivity index (χ4v) is 4.47. The molecule has 1 N–H and O–H groups in total.